The van der Waals surface area contributed by atoms with Crippen molar-refractivity contribution >= 4 is 73.1 Å². The van der Waals surface area contributed by atoms with Gasteiger partial charge in [-0.05, 0) is 65.8 Å². The molecule has 0 unspecified atom stereocenters. The summed E-state index contributed by atoms with van der Waals surface area (Å²) < 4.78 is 0. The number of carbonyl (C=O) groups excluding carboxylic acids is 1. The van der Waals surface area contributed by atoms with Gasteiger partial charge in [-0.1, -0.05) is 72.3 Å². The molecule has 37 heavy (non-hydrogen) atoms. The number of thiocarbonyl (C=S) groups is 1. The van der Waals surface area contributed by atoms with Gasteiger partial charge >= 0.3 is 0 Å². The van der Waals surface area contributed by atoms with E-state index in [1.807, 2.05) is 61.5 Å². The molecule has 1 heterocycles. The normalized spacial score (nSPS) is 11.2. The average molecular weight is 522 g/mol. The maximum absolute atomic E-state index is 13.0. The smallest absolute Gasteiger partial charge is 0.258 e. The Morgan fingerprint density at radius 2 is 1.51 bits per heavy atom. The molecule has 6 aromatic rings. The summed E-state index contributed by atoms with van der Waals surface area (Å²) in [5, 5.41) is 19.9. The van der Waals surface area contributed by atoms with Crippen molar-refractivity contribution in [2.45, 2.75) is 6.92 Å². The summed E-state index contributed by atoms with van der Waals surface area (Å²) in [6.07, 6.45) is 0. The van der Waals surface area contributed by atoms with Gasteiger partial charge in [0, 0.05) is 27.0 Å². The highest BCUT2D eigenvalue weighted by Gasteiger charge is 2.15. The Bertz CT molecular complexity index is 1860. The second kappa shape index (κ2) is 9.28. The fraction of sp³-hybridized carbons (Fsp3) is 0.0345. The van der Waals surface area contributed by atoms with Crippen LogP contribution < -0.4 is 10.6 Å². The summed E-state index contributed by atoms with van der Waals surface area (Å²) in [6, 6.07) is 29.0. The molecule has 8 heteroatoms. The molecular weight excluding hydrogens is 502 g/mol. The number of rotatable bonds is 3. The number of nitrogens with zero attached hydrogens (tertiary/aromatic N) is 3. The second-order valence-corrected chi connectivity index (χ2v) is 9.51. The Morgan fingerprint density at radius 1 is 0.838 bits per heavy atom. The molecular formula is C29H20ClN5OS. The SMILES string of the molecule is Cc1cc2nn(-c3cccc4ccccc34)nc2cc1NC(=S)NC(=O)c1cccc2c(Cl)cccc12. The Balaban J connectivity index is 1.27. The molecule has 0 aliphatic rings. The zero-order valence-corrected chi connectivity index (χ0v) is 21.3. The zero-order valence-electron chi connectivity index (χ0n) is 19.7. The van der Waals surface area contributed by atoms with Crippen molar-refractivity contribution in [2.75, 3.05) is 5.32 Å². The second-order valence-electron chi connectivity index (χ2n) is 8.69. The van der Waals surface area contributed by atoms with Gasteiger partial charge in [0.2, 0.25) is 0 Å². The first-order valence-electron chi connectivity index (χ1n) is 11.6. The number of hydrogen-bond acceptors (Lipinski definition) is 4. The molecule has 0 aliphatic heterocycles. The van der Waals surface area contributed by atoms with Crippen LogP contribution in [0.3, 0.4) is 0 Å². The Hall–Kier alpha value is -4.33. The molecule has 2 N–H and O–H groups in total. The summed E-state index contributed by atoms with van der Waals surface area (Å²) in [4.78, 5) is 14.7. The molecule has 1 amide bonds. The van der Waals surface area contributed by atoms with E-state index in [1.165, 1.54) is 0 Å². The van der Waals surface area contributed by atoms with E-state index < -0.39 is 0 Å². The minimum atomic E-state index is -0.314. The molecule has 6 rings (SSSR count). The van der Waals surface area contributed by atoms with Crippen LogP contribution in [0.1, 0.15) is 15.9 Å². The van der Waals surface area contributed by atoms with E-state index in [-0.39, 0.29) is 11.0 Å². The molecule has 180 valence electrons. The van der Waals surface area contributed by atoms with Gasteiger partial charge in [-0.3, -0.25) is 10.1 Å². The predicted molar refractivity (Wildman–Crippen MR) is 154 cm³/mol. The molecule has 0 atom stereocenters. The van der Waals surface area contributed by atoms with Crippen molar-refractivity contribution in [2.24, 2.45) is 0 Å². The highest BCUT2D eigenvalue weighted by molar-refractivity contribution is 7.80. The number of amides is 1. The number of benzene rings is 5. The summed E-state index contributed by atoms with van der Waals surface area (Å²) >= 11 is 11.8. The van der Waals surface area contributed by atoms with Crippen LogP contribution in [-0.2, 0) is 0 Å². The third-order valence-corrected chi connectivity index (χ3v) is 6.83. The molecule has 0 bridgehead atoms. The van der Waals surface area contributed by atoms with Crippen LogP contribution in [0.2, 0.25) is 5.02 Å². The van der Waals surface area contributed by atoms with E-state index in [1.54, 1.807) is 23.0 Å². The number of fused-ring (bicyclic) bond motifs is 3. The summed E-state index contributed by atoms with van der Waals surface area (Å²) in [5.74, 6) is -0.314. The van der Waals surface area contributed by atoms with Gasteiger partial charge in [0.05, 0.1) is 5.69 Å². The highest BCUT2D eigenvalue weighted by atomic mass is 35.5. The fourth-order valence-corrected chi connectivity index (χ4v) is 4.93. The molecule has 0 radical (unpaired) electrons. The topological polar surface area (TPSA) is 71.8 Å². The van der Waals surface area contributed by atoms with E-state index in [4.69, 9.17) is 34.0 Å². The lowest BCUT2D eigenvalue weighted by Gasteiger charge is -2.13. The van der Waals surface area contributed by atoms with Crippen molar-refractivity contribution < 1.29 is 4.79 Å². The zero-order chi connectivity index (χ0) is 25.5. The van der Waals surface area contributed by atoms with Gasteiger partial charge in [0.15, 0.2) is 5.11 Å². The van der Waals surface area contributed by atoms with Crippen LogP contribution in [0, 0.1) is 6.92 Å². The summed E-state index contributed by atoms with van der Waals surface area (Å²) in [6.45, 7) is 1.95. The molecule has 6 nitrogen and oxygen atoms in total. The minimum Gasteiger partial charge on any atom is -0.332 e. The van der Waals surface area contributed by atoms with E-state index in [0.29, 0.717) is 16.1 Å². The van der Waals surface area contributed by atoms with Gasteiger partial charge in [-0.2, -0.15) is 0 Å². The van der Waals surface area contributed by atoms with Crippen LogP contribution >= 0.6 is 23.8 Å². The average Bonchev–Trinajstić information content (AvgIpc) is 3.31. The number of aromatic nitrogens is 3. The lowest BCUT2D eigenvalue weighted by molar-refractivity contribution is 0.0979. The van der Waals surface area contributed by atoms with E-state index >= 15 is 0 Å². The predicted octanol–water partition coefficient (Wildman–Crippen LogP) is 6.82. The number of halogens is 1. The van der Waals surface area contributed by atoms with Gasteiger partial charge in [0.25, 0.3) is 5.91 Å². The molecule has 0 aliphatic carbocycles. The number of hydrogen-bond donors (Lipinski definition) is 2. The fourth-order valence-electron chi connectivity index (χ4n) is 4.49. The van der Waals surface area contributed by atoms with Crippen LogP contribution in [0.25, 0.3) is 38.3 Å². The third-order valence-electron chi connectivity index (χ3n) is 6.30. The first kappa shape index (κ1) is 23.1. The van der Waals surface area contributed by atoms with Crippen molar-refractivity contribution in [1.29, 1.82) is 0 Å². The lowest BCUT2D eigenvalue weighted by atomic mass is 10.0. The number of anilines is 1. The minimum absolute atomic E-state index is 0.188. The van der Waals surface area contributed by atoms with Crippen molar-refractivity contribution in [3.8, 4) is 5.69 Å². The summed E-state index contributed by atoms with van der Waals surface area (Å²) in [5.41, 5.74) is 4.53. The Kier molecular flexibility index (Phi) is 5.79. The summed E-state index contributed by atoms with van der Waals surface area (Å²) in [7, 11) is 0. The van der Waals surface area contributed by atoms with Crippen molar-refractivity contribution in [1.82, 2.24) is 20.3 Å². The number of nitrogens with one attached hydrogen (secondary N) is 2. The van der Waals surface area contributed by atoms with Gasteiger partial charge in [0.1, 0.15) is 11.0 Å². The number of carbonyl (C=O) groups is 1. The van der Waals surface area contributed by atoms with E-state index in [9.17, 15) is 4.79 Å². The number of aryl methyl sites for hydroxylation is 1. The van der Waals surface area contributed by atoms with Crippen LogP contribution in [-0.4, -0.2) is 26.0 Å². The van der Waals surface area contributed by atoms with E-state index in [0.717, 1.165) is 44.0 Å². The van der Waals surface area contributed by atoms with Gasteiger partial charge in [-0.15, -0.1) is 15.0 Å². The molecule has 0 spiro atoms. The molecule has 1 aromatic heterocycles. The van der Waals surface area contributed by atoms with Crippen molar-refractivity contribution in [3.05, 3.63) is 107 Å². The first-order chi connectivity index (χ1) is 18.0. The molecule has 0 fully saturated rings. The highest BCUT2D eigenvalue weighted by Crippen LogP contribution is 2.27. The Morgan fingerprint density at radius 3 is 2.38 bits per heavy atom. The monoisotopic (exact) mass is 521 g/mol. The maximum Gasteiger partial charge on any atom is 0.258 e. The van der Waals surface area contributed by atoms with Crippen LogP contribution in [0.5, 0.6) is 0 Å². The lowest BCUT2D eigenvalue weighted by Crippen LogP contribution is -2.34. The maximum atomic E-state index is 13.0. The van der Waals surface area contributed by atoms with Crippen molar-refractivity contribution in [3.63, 3.8) is 0 Å². The van der Waals surface area contributed by atoms with Crippen LogP contribution in [0.15, 0.2) is 91.0 Å². The van der Waals surface area contributed by atoms with Crippen LogP contribution in [0.4, 0.5) is 5.69 Å². The first-order valence-corrected chi connectivity index (χ1v) is 12.4. The van der Waals surface area contributed by atoms with Gasteiger partial charge in [-0.25, -0.2) is 0 Å². The Labute approximate surface area is 222 Å². The van der Waals surface area contributed by atoms with E-state index in [2.05, 4.69) is 28.8 Å². The standard InChI is InChI=1S/C29H20ClN5OS/c1-17-15-25-26(34-35(33-25)27-14-4-8-18-7-2-3-9-19(18)27)16-24(17)31-29(37)32-28(36)22-12-5-11-21-20(22)10-6-13-23(21)30/h2-16H,1H3,(H2,31,32,36,37). The quantitative estimate of drug-likeness (QED) is 0.250. The van der Waals surface area contributed by atoms with Gasteiger partial charge < -0.3 is 5.32 Å². The molecule has 0 saturated carbocycles. The molecule has 0 saturated heterocycles. The molecule has 5 aromatic carbocycles. The largest absolute Gasteiger partial charge is 0.332 e. The third kappa shape index (κ3) is 4.28.